The summed E-state index contributed by atoms with van der Waals surface area (Å²) in [5.41, 5.74) is 0.704. The average molecular weight is 299 g/mol. The summed E-state index contributed by atoms with van der Waals surface area (Å²) < 4.78 is 23.6. The Labute approximate surface area is 126 Å². The normalized spacial score (nSPS) is 12.2. The summed E-state index contributed by atoms with van der Waals surface area (Å²) in [7, 11) is 1.42. The number of aliphatic hydroxyl groups is 1. The average Bonchev–Trinajstić information content (AvgIpc) is 2.50. The molecule has 0 aromatic heterocycles. The molecule has 4 nitrogen and oxygen atoms in total. The molecule has 1 aromatic carbocycles. The van der Waals surface area contributed by atoms with Crippen molar-refractivity contribution in [2.24, 2.45) is 0 Å². The van der Waals surface area contributed by atoms with E-state index in [4.69, 9.17) is 9.47 Å². The summed E-state index contributed by atoms with van der Waals surface area (Å²) in [6.45, 7) is 3.50. The minimum atomic E-state index is -0.591. The number of rotatable bonds is 11. The third kappa shape index (κ3) is 7.29. The molecule has 1 rings (SSSR count). The molecular formula is C16H26FNO3. The van der Waals surface area contributed by atoms with Crippen molar-refractivity contribution in [3.63, 3.8) is 0 Å². The quantitative estimate of drug-likeness (QED) is 0.616. The molecule has 0 bridgehead atoms. The van der Waals surface area contributed by atoms with Crippen LogP contribution < -0.4 is 10.1 Å². The number of benzene rings is 1. The van der Waals surface area contributed by atoms with E-state index in [0.717, 1.165) is 6.42 Å². The van der Waals surface area contributed by atoms with Gasteiger partial charge < -0.3 is 19.9 Å². The predicted molar refractivity (Wildman–Crippen MR) is 82.4 cm³/mol. The zero-order valence-electron chi connectivity index (χ0n) is 12.9. The van der Waals surface area contributed by atoms with Gasteiger partial charge in [0, 0.05) is 24.9 Å². The highest BCUT2D eigenvalue weighted by molar-refractivity contribution is 5.48. The van der Waals surface area contributed by atoms with Crippen LogP contribution in [0.3, 0.4) is 0 Å². The van der Waals surface area contributed by atoms with E-state index in [2.05, 4.69) is 12.2 Å². The summed E-state index contributed by atoms with van der Waals surface area (Å²) in [6.07, 6.45) is 4.03. The molecule has 1 atom stereocenters. The van der Waals surface area contributed by atoms with E-state index >= 15 is 0 Å². The first-order valence-corrected chi connectivity index (χ1v) is 7.50. The fourth-order valence-corrected chi connectivity index (χ4v) is 1.91. The van der Waals surface area contributed by atoms with E-state index in [1.165, 1.54) is 32.4 Å². The number of anilines is 1. The molecule has 1 aromatic rings. The molecule has 0 radical (unpaired) electrons. The third-order valence-corrected chi connectivity index (χ3v) is 3.15. The van der Waals surface area contributed by atoms with Gasteiger partial charge in [0.15, 0.2) is 11.6 Å². The number of halogens is 1. The molecule has 0 spiro atoms. The van der Waals surface area contributed by atoms with Crippen LogP contribution in [0, 0.1) is 5.82 Å². The fourth-order valence-electron chi connectivity index (χ4n) is 1.91. The molecule has 0 aliphatic heterocycles. The van der Waals surface area contributed by atoms with Gasteiger partial charge in [-0.3, -0.25) is 0 Å². The molecule has 5 heteroatoms. The Kier molecular flexibility index (Phi) is 8.78. The minimum Gasteiger partial charge on any atom is -0.494 e. The summed E-state index contributed by atoms with van der Waals surface area (Å²) in [4.78, 5) is 0. The summed E-state index contributed by atoms with van der Waals surface area (Å²) in [5, 5.41) is 12.8. The SMILES string of the molecule is CCCCCCOCC(O)CNc1ccc(F)c(OC)c1. The van der Waals surface area contributed by atoms with Gasteiger partial charge in [-0.25, -0.2) is 4.39 Å². The van der Waals surface area contributed by atoms with Crippen molar-refractivity contribution in [1.29, 1.82) is 0 Å². The van der Waals surface area contributed by atoms with Crippen LogP contribution in [0.4, 0.5) is 10.1 Å². The van der Waals surface area contributed by atoms with E-state index < -0.39 is 11.9 Å². The molecule has 0 saturated heterocycles. The first kappa shape index (κ1) is 17.7. The Morgan fingerprint density at radius 2 is 2.10 bits per heavy atom. The maximum absolute atomic E-state index is 13.2. The third-order valence-electron chi connectivity index (χ3n) is 3.15. The Hall–Kier alpha value is -1.33. The van der Waals surface area contributed by atoms with E-state index in [9.17, 15) is 9.50 Å². The van der Waals surface area contributed by atoms with Crippen LogP contribution in [0.15, 0.2) is 18.2 Å². The lowest BCUT2D eigenvalue weighted by Crippen LogP contribution is -2.25. The lowest BCUT2D eigenvalue weighted by atomic mass is 10.2. The number of aliphatic hydroxyl groups excluding tert-OH is 1. The van der Waals surface area contributed by atoms with Crippen molar-refractivity contribution in [3.8, 4) is 5.75 Å². The Balaban J connectivity index is 2.19. The van der Waals surface area contributed by atoms with Gasteiger partial charge in [-0.05, 0) is 18.6 Å². The zero-order chi connectivity index (χ0) is 15.5. The van der Waals surface area contributed by atoms with Gasteiger partial charge >= 0.3 is 0 Å². The number of nitrogens with one attached hydrogen (secondary N) is 1. The Morgan fingerprint density at radius 3 is 2.81 bits per heavy atom. The summed E-state index contributed by atoms with van der Waals surface area (Å²) in [5.74, 6) is -0.222. The first-order valence-electron chi connectivity index (χ1n) is 7.50. The second kappa shape index (κ2) is 10.4. The number of hydrogen-bond acceptors (Lipinski definition) is 4. The molecule has 0 saturated carbocycles. The molecule has 1 unspecified atom stereocenters. The van der Waals surface area contributed by atoms with Crippen molar-refractivity contribution in [1.82, 2.24) is 0 Å². The highest BCUT2D eigenvalue weighted by atomic mass is 19.1. The van der Waals surface area contributed by atoms with Crippen LogP contribution in [0.25, 0.3) is 0 Å². The highest BCUT2D eigenvalue weighted by Gasteiger charge is 2.06. The van der Waals surface area contributed by atoms with Gasteiger partial charge in [0.2, 0.25) is 0 Å². The zero-order valence-corrected chi connectivity index (χ0v) is 12.9. The number of methoxy groups -OCH3 is 1. The van der Waals surface area contributed by atoms with Gasteiger partial charge in [-0.15, -0.1) is 0 Å². The first-order chi connectivity index (χ1) is 10.2. The van der Waals surface area contributed by atoms with Gasteiger partial charge in [-0.2, -0.15) is 0 Å². The molecule has 21 heavy (non-hydrogen) atoms. The van der Waals surface area contributed by atoms with Gasteiger partial charge in [0.25, 0.3) is 0 Å². The van der Waals surface area contributed by atoms with Crippen LogP contribution in [-0.4, -0.2) is 38.1 Å². The van der Waals surface area contributed by atoms with Gasteiger partial charge in [0.1, 0.15) is 0 Å². The smallest absolute Gasteiger partial charge is 0.165 e. The van der Waals surface area contributed by atoms with Crippen molar-refractivity contribution >= 4 is 5.69 Å². The monoisotopic (exact) mass is 299 g/mol. The molecule has 2 N–H and O–H groups in total. The van der Waals surface area contributed by atoms with Crippen LogP contribution in [-0.2, 0) is 4.74 Å². The van der Waals surface area contributed by atoms with Gasteiger partial charge in [0.05, 0.1) is 19.8 Å². The number of hydrogen-bond donors (Lipinski definition) is 2. The summed E-state index contributed by atoms with van der Waals surface area (Å²) >= 11 is 0. The largest absolute Gasteiger partial charge is 0.494 e. The van der Waals surface area contributed by atoms with Crippen LogP contribution in [0.2, 0.25) is 0 Å². The molecule has 0 fully saturated rings. The van der Waals surface area contributed by atoms with Crippen molar-refractivity contribution in [2.75, 3.05) is 32.2 Å². The molecule has 120 valence electrons. The van der Waals surface area contributed by atoms with Crippen molar-refractivity contribution in [3.05, 3.63) is 24.0 Å². The molecule has 0 amide bonds. The number of unbranched alkanes of at least 4 members (excludes halogenated alkanes) is 3. The van der Waals surface area contributed by atoms with Gasteiger partial charge in [-0.1, -0.05) is 26.2 Å². The fraction of sp³-hybridized carbons (Fsp3) is 0.625. The summed E-state index contributed by atoms with van der Waals surface area (Å²) in [6, 6.07) is 4.50. The van der Waals surface area contributed by atoms with Crippen LogP contribution in [0.1, 0.15) is 32.6 Å². The van der Waals surface area contributed by atoms with Crippen LogP contribution in [0.5, 0.6) is 5.75 Å². The van der Waals surface area contributed by atoms with E-state index in [1.54, 1.807) is 12.1 Å². The highest BCUT2D eigenvalue weighted by Crippen LogP contribution is 2.21. The minimum absolute atomic E-state index is 0.182. The second-order valence-electron chi connectivity index (χ2n) is 5.02. The van der Waals surface area contributed by atoms with Crippen molar-refractivity contribution in [2.45, 2.75) is 38.7 Å². The lowest BCUT2D eigenvalue weighted by molar-refractivity contribution is 0.0417. The number of ether oxygens (including phenoxy) is 2. The molecule has 0 aliphatic rings. The topological polar surface area (TPSA) is 50.7 Å². The molecular weight excluding hydrogens is 273 g/mol. The standard InChI is InChI=1S/C16H26FNO3/c1-3-4-5-6-9-21-12-14(19)11-18-13-7-8-15(17)16(10-13)20-2/h7-8,10,14,18-19H,3-6,9,11-12H2,1-2H3. The predicted octanol–water partition coefficient (Wildman–Crippen LogP) is 3.20. The van der Waals surface area contributed by atoms with Crippen molar-refractivity contribution < 1.29 is 19.0 Å². The maximum atomic E-state index is 13.2. The maximum Gasteiger partial charge on any atom is 0.165 e. The van der Waals surface area contributed by atoms with E-state index in [0.29, 0.717) is 25.4 Å². The Bertz CT molecular complexity index is 401. The second-order valence-corrected chi connectivity index (χ2v) is 5.02. The Morgan fingerprint density at radius 1 is 1.29 bits per heavy atom. The molecule has 0 aliphatic carbocycles. The van der Waals surface area contributed by atoms with Crippen LogP contribution >= 0.6 is 0 Å². The molecule has 0 heterocycles. The van der Waals surface area contributed by atoms with E-state index in [-0.39, 0.29) is 5.75 Å². The lowest BCUT2D eigenvalue weighted by Gasteiger charge is -2.14. The van der Waals surface area contributed by atoms with E-state index in [1.807, 2.05) is 0 Å².